The van der Waals surface area contributed by atoms with Gasteiger partial charge in [-0.25, -0.2) is 0 Å². The van der Waals surface area contributed by atoms with Crippen molar-refractivity contribution in [2.45, 2.75) is 0 Å². The van der Waals surface area contributed by atoms with E-state index in [9.17, 15) is 14.4 Å². The molecule has 106 valence electrons. The van der Waals surface area contributed by atoms with Crippen molar-refractivity contribution < 1.29 is 18.8 Å². The molecule has 0 saturated heterocycles. The van der Waals surface area contributed by atoms with Gasteiger partial charge in [-0.3, -0.25) is 19.3 Å². The molecule has 3 rings (SSSR count). The summed E-state index contributed by atoms with van der Waals surface area (Å²) in [6, 6.07) is 9.82. The van der Waals surface area contributed by atoms with Crippen LogP contribution >= 0.6 is 0 Å². The Morgan fingerprint density at radius 2 is 1.71 bits per heavy atom. The number of hydrogen-bond donors (Lipinski definition) is 1. The molecule has 0 aliphatic carbocycles. The minimum Gasteiger partial charge on any atom is -0.459 e. The van der Waals surface area contributed by atoms with Crippen LogP contribution in [0.5, 0.6) is 0 Å². The van der Waals surface area contributed by atoms with Crippen molar-refractivity contribution >= 4 is 17.7 Å². The second-order valence-corrected chi connectivity index (χ2v) is 4.54. The lowest BCUT2D eigenvalue weighted by Gasteiger charge is -2.13. The van der Waals surface area contributed by atoms with Crippen LogP contribution in [0.1, 0.15) is 31.3 Å². The van der Waals surface area contributed by atoms with Crippen LogP contribution in [-0.2, 0) is 0 Å². The second kappa shape index (κ2) is 5.24. The lowest BCUT2D eigenvalue weighted by Crippen LogP contribution is -2.38. The van der Waals surface area contributed by atoms with Crippen LogP contribution in [0.4, 0.5) is 0 Å². The van der Waals surface area contributed by atoms with Crippen LogP contribution in [0.15, 0.2) is 47.1 Å². The Bertz CT molecular complexity index is 671. The molecular formula is C15H12N2O4. The zero-order valence-electron chi connectivity index (χ0n) is 11.0. The predicted molar refractivity (Wildman–Crippen MR) is 72.9 cm³/mol. The zero-order chi connectivity index (χ0) is 14.8. The fraction of sp³-hybridized carbons (Fsp3) is 0.133. The molecule has 0 spiro atoms. The fourth-order valence-corrected chi connectivity index (χ4v) is 2.22. The Morgan fingerprint density at radius 3 is 2.29 bits per heavy atom. The van der Waals surface area contributed by atoms with Gasteiger partial charge < -0.3 is 9.73 Å². The highest BCUT2D eigenvalue weighted by molar-refractivity contribution is 6.21. The molecule has 0 atom stereocenters. The van der Waals surface area contributed by atoms with Gasteiger partial charge >= 0.3 is 0 Å². The van der Waals surface area contributed by atoms with E-state index in [1.54, 1.807) is 30.3 Å². The number of imide groups is 1. The van der Waals surface area contributed by atoms with Crippen LogP contribution in [-0.4, -0.2) is 35.7 Å². The molecule has 0 saturated carbocycles. The highest BCUT2D eigenvalue weighted by Gasteiger charge is 2.34. The number of carbonyl (C=O) groups is 3. The Morgan fingerprint density at radius 1 is 1.05 bits per heavy atom. The van der Waals surface area contributed by atoms with Crippen LogP contribution < -0.4 is 5.32 Å². The van der Waals surface area contributed by atoms with Crippen molar-refractivity contribution in [3.63, 3.8) is 0 Å². The summed E-state index contributed by atoms with van der Waals surface area (Å²) >= 11 is 0. The van der Waals surface area contributed by atoms with Gasteiger partial charge in [0, 0.05) is 13.1 Å². The first-order chi connectivity index (χ1) is 10.2. The first-order valence-electron chi connectivity index (χ1n) is 6.45. The van der Waals surface area contributed by atoms with E-state index in [1.807, 2.05) is 0 Å². The number of carbonyl (C=O) groups excluding carboxylic acids is 3. The van der Waals surface area contributed by atoms with E-state index in [4.69, 9.17) is 4.42 Å². The van der Waals surface area contributed by atoms with Crippen LogP contribution in [0.3, 0.4) is 0 Å². The summed E-state index contributed by atoms with van der Waals surface area (Å²) in [4.78, 5) is 37.0. The maximum atomic E-state index is 12.1. The number of nitrogens with one attached hydrogen (secondary N) is 1. The Hall–Kier alpha value is -2.89. The van der Waals surface area contributed by atoms with Crippen molar-refractivity contribution in [2.24, 2.45) is 0 Å². The molecular weight excluding hydrogens is 272 g/mol. The van der Waals surface area contributed by atoms with Gasteiger partial charge in [-0.1, -0.05) is 12.1 Å². The van der Waals surface area contributed by atoms with Gasteiger partial charge in [0.15, 0.2) is 5.76 Å². The Labute approximate surface area is 120 Å². The van der Waals surface area contributed by atoms with E-state index in [-0.39, 0.29) is 36.6 Å². The Balaban J connectivity index is 1.61. The molecule has 1 aromatic heterocycles. The van der Waals surface area contributed by atoms with E-state index in [0.29, 0.717) is 11.1 Å². The Kier molecular flexibility index (Phi) is 3.27. The maximum absolute atomic E-state index is 12.1. The number of hydrogen-bond acceptors (Lipinski definition) is 4. The van der Waals surface area contributed by atoms with Crippen molar-refractivity contribution in [1.29, 1.82) is 0 Å². The summed E-state index contributed by atoms with van der Waals surface area (Å²) in [6.45, 7) is 0.295. The molecule has 0 bridgehead atoms. The van der Waals surface area contributed by atoms with Crippen molar-refractivity contribution in [1.82, 2.24) is 10.2 Å². The van der Waals surface area contributed by atoms with Gasteiger partial charge in [0.05, 0.1) is 17.4 Å². The normalized spacial score (nSPS) is 13.4. The number of fused-ring (bicyclic) bond motifs is 1. The topological polar surface area (TPSA) is 79.6 Å². The largest absolute Gasteiger partial charge is 0.459 e. The van der Waals surface area contributed by atoms with E-state index in [2.05, 4.69) is 5.32 Å². The van der Waals surface area contributed by atoms with Crippen molar-refractivity contribution in [3.8, 4) is 0 Å². The number of nitrogens with zero attached hydrogens (tertiary/aromatic N) is 1. The lowest BCUT2D eigenvalue weighted by molar-refractivity contribution is 0.0649. The molecule has 1 aromatic carbocycles. The number of rotatable bonds is 4. The van der Waals surface area contributed by atoms with E-state index < -0.39 is 0 Å². The lowest BCUT2D eigenvalue weighted by atomic mass is 10.1. The first kappa shape index (κ1) is 13.1. The molecule has 1 aliphatic heterocycles. The third-order valence-electron chi connectivity index (χ3n) is 3.24. The summed E-state index contributed by atoms with van der Waals surface area (Å²) in [5, 5.41) is 2.60. The zero-order valence-corrected chi connectivity index (χ0v) is 11.0. The third-order valence-corrected chi connectivity index (χ3v) is 3.24. The maximum Gasteiger partial charge on any atom is 0.287 e. The SMILES string of the molecule is O=C(NCCN1C(=O)c2ccccc2C1=O)c1ccco1. The highest BCUT2D eigenvalue weighted by atomic mass is 16.3. The molecule has 1 N–H and O–H groups in total. The van der Waals surface area contributed by atoms with E-state index >= 15 is 0 Å². The number of furan rings is 1. The minimum atomic E-state index is -0.378. The quantitative estimate of drug-likeness (QED) is 0.858. The van der Waals surface area contributed by atoms with Crippen LogP contribution in [0.25, 0.3) is 0 Å². The average Bonchev–Trinajstić information content (AvgIpc) is 3.11. The summed E-state index contributed by atoms with van der Waals surface area (Å²) in [6.07, 6.45) is 1.40. The summed E-state index contributed by atoms with van der Waals surface area (Å²) in [7, 11) is 0. The highest BCUT2D eigenvalue weighted by Crippen LogP contribution is 2.21. The summed E-state index contributed by atoms with van der Waals surface area (Å²) in [5.41, 5.74) is 0.805. The molecule has 2 aromatic rings. The average molecular weight is 284 g/mol. The molecule has 6 heteroatoms. The van der Waals surface area contributed by atoms with Gasteiger partial charge in [-0.15, -0.1) is 0 Å². The molecule has 21 heavy (non-hydrogen) atoms. The van der Waals surface area contributed by atoms with Gasteiger partial charge in [0.2, 0.25) is 0 Å². The van der Waals surface area contributed by atoms with Gasteiger partial charge in [0.25, 0.3) is 17.7 Å². The van der Waals surface area contributed by atoms with E-state index in [1.165, 1.54) is 12.3 Å². The molecule has 1 aliphatic rings. The fourth-order valence-electron chi connectivity index (χ4n) is 2.22. The monoisotopic (exact) mass is 284 g/mol. The van der Waals surface area contributed by atoms with E-state index in [0.717, 1.165) is 4.90 Å². The molecule has 0 fully saturated rings. The third kappa shape index (κ3) is 2.31. The molecule has 0 radical (unpaired) electrons. The molecule has 0 unspecified atom stereocenters. The van der Waals surface area contributed by atoms with Crippen molar-refractivity contribution in [2.75, 3.05) is 13.1 Å². The predicted octanol–water partition coefficient (Wildman–Crippen LogP) is 1.31. The van der Waals surface area contributed by atoms with Gasteiger partial charge in [0.1, 0.15) is 0 Å². The number of benzene rings is 1. The number of amides is 3. The summed E-state index contributed by atoms with van der Waals surface area (Å²) in [5.74, 6) is -0.848. The molecule has 3 amide bonds. The summed E-state index contributed by atoms with van der Waals surface area (Å²) < 4.78 is 4.95. The molecule has 2 heterocycles. The minimum absolute atomic E-state index is 0.124. The standard InChI is InChI=1S/C15H12N2O4/c18-13(12-6-3-9-21-12)16-7-8-17-14(19)10-4-1-2-5-11(10)15(17)20/h1-6,9H,7-8H2,(H,16,18). The second-order valence-electron chi connectivity index (χ2n) is 4.54. The van der Waals surface area contributed by atoms with Gasteiger partial charge in [-0.05, 0) is 24.3 Å². The van der Waals surface area contributed by atoms with Crippen LogP contribution in [0, 0.1) is 0 Å². The van der Waals surface area contributed by atoms with Crippen molar-refractivity contribution in [3.05, 3.63) is 59.5 Å². The van der Waals surface area contributed by atoms with Crippen LogP contribution in [0.2, 0.25) is 0 Å². The smallest absolute Gasteiger partial charge is 0.287 e. The van der Waals surface area contributed by atoms with Gasteiger partial charge in [-0.2, -0.15) is 0 Å². The first-order valence-corrected chi connectivity index (χ1v) is 6.45. The molecule has 6 nitrogen and oxygen atoms in total.